The molecule has 1 aromatic carbocycles. The predicted octanol–water partition coefficient (Wildman–Crippen LogP) is 3.51. The van der Waals surface area contributed by atoms with Gasteiger partial charge in [-0.25, -0.2) is 0 Å². The van der Waals surface area contributed by atoms with Gasteiger partial charge in [0, 0.05) is 29.1 Å². The molecule has 3 aliphatic rings. The highest BCUT2D eigenvalue weighted by molar-refractivity contribution is 8.01. The normalized spacial score (nSPS) is 28.7. The minimum atomic E-state index is 0.0516. The van der Waals surface area contributed by atoms with E-state index in [1.165, 1.54) is 19.4 Å². The van der Waals surface area contributed by atoms with Crippen molar-refractivity contribution in [2.75, 3.05) is 13.1 Å². The lowest BCUT2D eigenvalue weighted by atomic mass is 9.80. The lowest BCUT2D eigenvalue weighted by molar-refractivity contribution is 0.0274. The molecule has 126 valence electrons. The second-order valence-electron chi connectivity index (χ2n) is 6.66. The first-order chi connectivity index (χ1) is 11.7. The van der Waals surface area contributed by atoms with E-state index in [1.54, 1.807) is 23.1 Å². The van der Waals surface area contributed by atoms with Crippen LogP contribution in [0.5, 0.6) is 0 Å². The van der Waals surface area contributed by atoms with E-state index in [2.05, 4.69) is 22.1 Å². The number of nitrogens with zero attached hydrogens (tertiary/aromatic N) is 2. The molecule has 1 aromatic heterocycles. The quantitative estimate of drug-likeness (QED) is 0.907. The number of benzene rings is 1. The molecule has 6 heteroatoms. The molecule has 5 rings (SSSR count). The van der Waals surface area contributed by atoms with Crippen molar-refractivity contribution in [2.24, 2.45) is 5.92 Å². The van der Waals surface area contributed by atoms with Gasteiger partial charge in [0.1, 0.15) is 0 Å². The summed E-state index contributed by atoms with van der Waals surface area (Å²) < 4.78 is 1.16. The van der Waals surface area contributed by atoms with Gasteiger partial charge in [-0.3, -0.25) is 14.7 Å². The zero-order chi connectivity index (χ0) is 16.5. The van der Waals surface area contributed by atoms with Gasteiger partial charge in [-0.05, 0) is 56.5 Å². The lowest BCUT2D eigenvalue weighted by Gasteiger charge is -2.48. The summed E-state index contributed by atoms with van der Waals surface area (Å²) >= 11 is 3.30. The van der Waals surface area contributed by atoms with Crippen LogP contribution in [0.15, 0.2) is 45.1 Å². The number of carbonyl (C=O) groups is 1. The first-order valence-electron chi connectivity index (χ1n) is 8.40. The minimum absolute atomic E-state index is 0.0516. The van der Waals surface area contributed by atoms with Crippen molar-refractivity contribution in [3.63, 3.8) is 0 Å². The molecule has 24 heavy (non-hydrogen) atoms. The van der Waals surface area contributed by atoms with Crippen molar-refractivity contribution >= 4 is 29.0 Å². The Morgan fingerprint density at radius 2 is 2.21 bits per heavy atom. The maximum atomic E-state index is 12.6. The number of amides is 1. The van der Waals surface area contributed by atoms with E-state index in [0.717, 1.165) is 21.2 Å². The monoisotopic (exact) mass is 359 g/mol. The Kier molecular flexibility index (Phi) is 4.61. The SMILES string of the molecule is CC1CC2CCN1CC2NC(=O)c1ccc(Sc2cncs2)cc1. The van der Waals surface area contributed by atoms with E-state index in [0.29, 0.717) is 18.0 Å². The Hall–Kier alpha value is -1.37. The van der Waals surface area contributed by atoms with E-state index >= 15 is 0 Å². The van der Waals surface area contributed by atoms with Crippen LogP contribution in [-0.4, -0.2) is 41.0 Å². The van der Waals surface area contributed by atoms with Crippen molar-refractivity contribution < 1.29 is 4.79 Å². The van der Waals surface area contributed by atoms with Gasteiger partial charge in [0.05, 0.1) is 15.9 Å². The van der Waals surface area contributed by atoms with Gasteiger partial charge in [-0.1, -0.05) is 11.8 Å². The molecule has 1 amide bonds. The second kappa shape index (κ2) is 6.86. The summed E-state index contributed by atoms with van der Waals surface area (Å²) in [5, 5.41) is 3.26. The molecular weight excluding hydrogens is 338 g/mol. The van der Waals surface area contributed by atoms with Crippen LogP contribution >= 0.6 is 23.1 Å². The summed E-state index contributed by atoms with van der Waals surface area (Å²) in [4.78, 5) is 20.3. The molecule has 2 aromatic rings. The Labute approximate surface area is 150 Å². The number of thiazole rings is 1. The van der Waals surface area contributed by atoms with Crippen molar-refractivity contribution in [3.05, 3.63) is 41.5 Å². The first kappa shape index (κ1) is 16.1. The van der Waals surface area contributed by atoms with Crippen LogP contribution in [0, 0.1) is 5.92 Å². The third-order valence-corrected chi connectivity index (χ3v) is 7.03. The molecule has 0 spiro atoms. The van der Waals surface area contributed by atoms with E-state index in [-0.39, 0.29) is 5.91 Å². The molecule has 3 saturated heterocycles. The number of hydrogen-bond acceptors (Lipinski definition) is 5. The number of nitrogens with one attached hydrogen (secondary N) is 1. The highest BCUT2D eigenvalue weighted by atomic mass is 32.2. The van der Waals surface area contributed by atoms with Crippen LogP contribution < -0.4 is 5.32 Å². The van der Waals surface area contributed by atoms with Crippen LogP contribution in [0.1, 0.15) is 30.1 Å². The van der Waals surface area contributed by atoms with E-state index in [4.69, 9.17) is 0 Å². The average molecular weight is 360 g/mol. The fourth-order valence-electron chi connectivity index (χ4n) is 3.76. The summed E-state index contributed by atoms with van der Waals surface area (Å²) in [5.74, 6) is 0.686. The topological polar surface area (TPSA) is 45.2 Å². The fraction of sp³-hybridized carbons (Fsp3) is 0.444. The Balaban J connectivity index is 1.38. The smallest absolute Gasteiger partial charge is 0.251 e. The van der Waals surface area contributed by atoms with Gasteiger partial charge in [-0.15, -0.1) is 11.3 Å². The largest absolute Gasteiger partial charge is 0.348 e. The first-order valence-corrected chi connectivity index (χ1v) is 10.1. The summed E-state index contributed by atoms with van der Waals surface area (Å²) in [6.45, 7) is 4.47. The molecule has 2 bridgehead atoms. The third-order valence-electron chi connectivity index (χ3n) is 5.12. The predicted molar refractivity (Wildman–Crippen MR) is 97.7 cm³/mol. The number of rotatable bonds is 4. The summed E-state index contributed by atoms with van der Waals surface area (Å²) in [5.41, 5.74) is 2.58. The van der Waals surface area contributed by atoms with Crippen LogP contribution in [0.3, 0.4) is 0 Å². The Morgan fingerprint density at radius 1 is 1.38 bits per heavy atom. The summed E-state index contributed by atoms with van der Waals surface area (Å²) in [7, 11) is 0. The molecule has 4 nitrogen and oxygen atoms in total. The molecule has 0 radical (unpaired) electrons. The molecule has 4 heterocycles. The van der Waals surface area contributed by atoms with Crippen molar-refractivity contribution in [1.82, 2.24) is 15.2 Å². The maximum absolute atomic E-state index is 12.6. The summed E-state index contributed by atoms with van der Waals surface area (Å²) in [6, 6.07) is 8.83. The molecule has 1 N–H and O–H groups in total. The van der Waals surface area contributed by atoms with Crippen LogP contribution in [0.4, 0.5) is 0 Å². The summed E-state index contributed by atoms with van der Waals surface area (Å²) in [6.07, 6.45) is 4.28. The van der Waals surface area contributed by atoms with Gasteiger partial charge in [-0.2, -0.15) is 0 Å². The second-order valence-corrected chi connectivity index (χ2v) is 8.92. The molecule has 4 unspecified atom stereocenters. The molecule has 0 saturated carbocycles. The number of carbonyl (C=O) groups excluding carboxylic acids is 1. The van der Waals surface area contributed by atoms with Gasteiger partial charge < -0.3 is 5.32 Å². The Morgan fingerprint density at radius 3 is 2.83 bits per heavy atom. The number of aromatic nitrogens is 1. The molecular formula is C18H21N3OS2. The standard InChI is InChI=1S/C18H21N3OS2/c1-12-8-14-6-7-21(12)10-16(14)20-18(22)13-2-4-15(5-3-13)24-17-9-19-11-23-17/h2-5,9,11-12,14,16H,6-8,10H2,1H3,(H,20,22). The van der Waals surface area contributed by atoms with Crippen molar-refractivity contribution in [1.29, 1.82) is 0 Å². The average Bonchev–Trinajstić information content (AvgIpc) is 3.09. The molecule has 4 atom stereocenters. The van der Waals surface area contributed by atoms with Crippen molar-refractivity contribution in [2.45, 2.75) is 41.0 Å². The number of hydrogen-bond donors (Lipinski definition) is 1. The van der Waals surface area contributed by atoms with Gasteiger partial charge >= 0.3 is 0 Å². The fourth-order valence-corrected chi connectivity index (χ4v) is 5.33. The van der Waals surface area contributed by atoms with Gasteiger partial charge in [0.2, 0.25) is 0 Å². The maximum Gasteiger partial charge on any atom is 0.251 e. The molecule has 3 aliphatic heterocycles. The van der Waals surface area contributed by atoms with E-state index in [9.17, 15) is 4.79 Å². The van der Waals surface area contributed by atoms with Gasteiger partial charge in [0.25, 0.3) is 5.91 Å². The third kappa shape index (κ3) is 3.36. The van der Waals surface area contributed by atoms with Crippen LogP contribution in [0.25, 0.3) is 0 Å². The minimum Gasteiger partial charge on any atom is -0.348 e. The number of piperidine rings is 3. The van der Waals surface area contributed by atoms with E-state index in [1.807, 2.05) is 36.0 Å². The highest BCUT2D eigenvalue weighted by Crippen LogP contribution is 2.32. The zero-order valence-electron chi connectivity index (χ0n) is 13.6. The zero-order valence-corrected chi connectivity index (χ0v) is 15.3. The molecule has 3 fully saturated rings. The lowest BCUT2D eigenvalue weighted by Crippen LogP contribution is -2.60. The van der Waals surface area contributed by atoms with Crippen LogP contribution in [-0.2, 0) is 0 Å². The van der Waals surface area contributed by atoms with Gasteiger partial charge in [0.15, 0.2) is 0 Å². The highest BCUT2D eigenvalue weighted by Gasteiger charge is 2.38. The molecule has 0 aliphatic carbocycles. The van der Waals surface area contributed by atoms with E-state index < -0.39 is 0 Å². The van der Waals surface area contributed by atoms with Crippen LogP contribution in [0.2, 0.25) is 0 Å². The Bertz CT molecular complexity index is 702. The van der Waals surface area contributed by atoms with Crippen molar-refractivity contribution in [3.8, 4) is 0 Å². The number of fused-ring (bicyclic) bond motifs is 3.